The molecule has 0 radical (unpaired) electrons. The molecule has 1 aliphatic carbocycles. The summed E-state index contributed by atoms with van der Waals surface area (Å²) in [6, 6.07) is 16.4. The summed E-state index contributed by atoms with van der Waals surface area (Å²) in [4.78, 5) is 43.0. The second-order valence-corrected chi connectivity index (χ2v) is 9.79. The molecule has 2 amide bonds. The molecule has 190 valence electrons. The largest absolute Gasteiger partial charge is 0.480 e. The number of aromatic amines is 1. The van der Waals surface area contributed by atoms with Gasteiger partial charge in [-0.25, -0.2) is 0 Å². The number of hydrogen-bond acceptors (Lipinski definition) is 3. The number of carboxylic acids is 1. The van der Waals surface area contributed by atoms with Crippen LogP contribution in [0.3, 0.4) is 0 Å². The summed E-state index contributed by atoms with van der Waals surface area (Å²) in [5, 5.41) is 13.4. The van der Waals surface area contributed by atoms with Gasteiger partial charge < -0.3 is 20.3 Å². The van der Waals surface area contributed by atoms with E-state index in [0.717, 1.165) is 41.3 Å². The van der Waals surface area contributed by atoms with Crippen molar-refractivity contribution in [3.63, 3.8) is 0 Å². The maximum atomic E-state index is 13.6. The number of H-pyrrole nitrogens is 1. The molecule has 3 aromatic rings. The van der Waals surface area contributed by atoms with Crippen LogP contribution in [0, 0.1) is 5.92 Å². The minimum atomic E-state index is -1.05. The Hall–Kier alpha value is -3.61. The zero-order valence-corrected chi connectivity index (χ0v) is 20.6. The highest BCUT2D eigenvalue weighted by Crippen LogP contribution is 2.26. The van der Waals surface area contributed by atoms with Gasteiger partial charge in [0.15, 0.2) is 0 Å². The molecule has 1 fully saturated rings. The van der Waals surface area contributed by atoms with Crippen molar-refractivity contribution in [2.75, 3.05) is 13.1 Å². The van der Waals surface area contributed by atoms with E-state index in [1.54, 1.807) is 0 Å². The fourth-order valence-corrected chi connectivity index (χ4v) is 5.21. The van der Waals surface area contributed by atoms with Crippen LogP contribution in [-0.4, -0.2) is 51.9 Å². The number of rotatable bonds is 11. The molecule has 0 aliphatic heterocycles. The van der Waals surface area contributed by atoms with E-state index < -0.39 is 12.0 Å². The summed E-state index contributed by atoms with van der Waals surface area (Å²) in [5.74, 6) is -1.14. The zero-order valence-electron chi connectivity index (χ0n) is 20.6. The molecule has 1 aromatic heterocycles. The van der Waals surface area contributed by atoms with Crippen LogP contribution in [0.5, 0.6) is 0 Å². The fourth-order valence-electron chi connectivity index (χ4n) is 5.21. The Morgan fingerprint density at radius 3 is 2.47 bits per heavy atom. The van der Waals surface area contributed by atoms with Gasteiger partial charge >= 0.3 is 5.97 Å². The highest BCUT2D eigenvalue weighted by atomic mass is 16.4. The standard InChI is InChI=1S/C29H35N3O4/c33-27(18-23-19-30-25-14-8-7-13-24(23)25)31-26(17-22-11-5-2-6-12-22)29(36)32(20-28(34)35)16-15-21-9-3-1-4-10-21/h2,5-8,11-14,19,21,26,30H,1,3-4,9-10,15-18,20H2,(H,31,33)(H,34,35). The van der Waals surface area contributed by atoms with Gasteiger partial charge in [-0.2, -0.15) is 0 Å². The highest BCUT2D eigenvalue weighted by Gasteiger charge is 2.28. The lowest BCUT2D eigenvalue weighted by Crippen LogP contribution is -2.51. The molecule has 1 unspecified atom stereocenters. The minimum Gasteiger partial charge on any atom is -0.480 e. The number of amides is 2. The second kappa shape index (κ2) is 12.4. The number of aliphatic carboxylic acids is 1. The van der Waals surface area contributed by atoms with Crippen molar-refractivity contribution in [1.82, 2.24) is 15.2 Å². The SMILES string of the molecule is O=C(O)CN(CCC1CCCCC1)C(=O)C(Cc1ccccc1)NC(=O)Cc1c[nH]c2ccccc12. The molecule has 36 heavy (non-hydrogen) atoms. The van der Waals surface area contributed by atoms with Crippen molar-refractivity contribution < 1.29 is 19.5 Å². The minimum absolute atomic E-state index is 0.129. The van der Waals surface area contributed by atoms with Crippen molar-refractivity contribution in [2.45, 2.75) is 57.4 Å². The summed E-state index contributed by atoms with van der Waals surface area (Å²) in [7, 11) is 0. The Morgan fingerprint density at radius 2 is 1.72 bits per heavy atom. The molecule has 1 heterocycles. The Bertz CT molecular complexity index is 1170. The van der Waals surface area contributed by atoms with Gasteiger partial charge in [0.25, 0.3) is 0 Å². The second-order valence-electron chi connectivity index (χ2n) is 9.79. The van der Waals surface area contributed by atoms with Crippen LogP contribution in [0.15, 0.2) is 60.8 Å². The van der Waals surface area contributed by atoms with Crippen LogP contribution in [0.1, 0.15) is 49.7 Å². The number of para-hydroxylation sites is 1. The number of carbonyl (C=O) groups is 3. The van der Waals surface area contributed by atoms with Crippen LogP contribution in [-0.2, 0) is 27.2 Å². The monoisotopic (exact) mass is 489 g/mol. The van der Waals surface area contributed by atoms with Gasteiger partial charge in [-0.05, 0) is 29.5 Å². The third kappa shape index (κ3) is 6.97. The Balaban J connectivity index is 1.49. The van der Waals surface area contributed by atoms with E-state index in [0.29, 0.717) is 18.9 Å². The van der Waals surface area contributed by atoms with Crippen LogP contribution in [0.2, 0.25) is 0 Å². The predicted molar refractivity (Wildman–Crippen MR) is 139 cm³/mol. The molecule has 2 aromatic carbocycles. The fraction of sp³-hybridized carbons (Fsp3) is 0.414. The molecule has 7 heteroatoms. The van der Waals surface area contributed by atoms with E-state index in [1.807, 2.05) is 60.8 Å². The third-order valence-corrected chi connectivity index (χ3v) is 7.11. The molecule has 0 saturated heterocycles. The Labute approximate surface area is 211 Å². The number of fused-ring (bicyclic) bond motifs is 1. The summed E-state index contributed by atoms with van der Waals surface area (Å²) >= 11 is 0. The first kappa shape index (κ1) is 25.5. The average molecular weight is 490 g/mol. The molecule has 3 N–H and O–H groups in total. The van der Waals surface area contributed by atoms with Crippen molar-refractivity contribution in [3.05, 3.63) is 71.9 Å². The molecule has 1 atom stereocenters. The molecular weight excluding hydrogens is 454 g/mol. The third-order valence-electron chi connectivity index (χ3n) is 7.11. The first-order valence-corrected chi connectivity index (χ1v) is 12.9. The van der Waals surface area contributed by atoms with Crippen molar-refractivity contribution in [2.24, 2.45) is 5.92 Å². The molecule has 7 nitrogen and oxygen atoms in total. The normalized spacial score (nSPS) is 14.9. The van der Waals surface area contributed by atoms with Crippen LogP contribution < -0.4 is 5.32 Å². The van der Waals surface area contributed by atoms with Gasteiger partial charge in [0.05, 0.1) is 6.42 Å². The summed E-state index contributed by atoms with van der Waals surface area (Å²) < 4.78 is 0. The van der Waals surface area contributed by atoms with E-state index in [1.165, 1.54) is 24.2 Å². The summed E-state index contributed by atoms with van der Waals surface area (Å²) in [5.41, 5.74) is 2.71. The van der Waals surface area contributed by atoms with E-state index in [-0.39, 0.29) is 24.8 Å². The predicted octanol–water partition coefficient (Wildman–Crippen LogP) is 4.32. The lowest BCUT2D eigenvalue weighted by atomic mass is 9.87. The van der Waals surface area contributed by atoms with Crippen LogP contribution >= 0.6 is 0 Å². The smallest absolute Gasteiger partial charge is 0.323 e. The number of carboxylic acid groups (broad SMARTS) is 1. The topological polar surface area (TPSA) is 102 Å². The molecule has 1 saturated carbocycles. The maximum absolute atomic E-state index is 13.6. The van der Waals surface area contributed by atoms with E-state index in [2.05, 4.69) is 10.3 Å². The van der Waals surface area contributed by atoms with Gasteiger partial charge in [-0.3, -0.25) is 14.4 Å². The van der Waals surface area contributed by atoms with Crippen molar-refractivity contribution >= 4 is 28.7 Å². The van der Waals surface area contributed by atoms with Crippen LogP contribution in [0.25, 0.3) is 10.9 Å². The van der Waals surface area contributed by atoms with Gasteiger partial charge in [0.2, 0.25) is 11.8 Å². The molecule has 0 spiro atoms. The first-order valence-electron chi connectivity index (χ1n) is 12.9. The molecule has 4 rings (SSSR count). The zero-order chi connectivity index (χ0) is 25.3. The van der Waals surface area contributed by atoms with Crippen molar-refractivity contribution in [1.29, 1.82) is 0 Å². The number of benzene rings is 2. The number of nitrogens with one attached hydrogen (secondary N) is 2. The number of carbonyl (C=O) groups excluding carboxylic acids is 2. The van der Waals surface area contributed by atoms with E-state index in [4.69, 9.17) is 0 Å². The molecule has 0 bridgehead atoms. The summed E-state index contributed by atoms with van der Waals surface area (Å²) in [6.45, 7) is 0.0224. The summed E-state index contributed by atoms with van der Waals surface area (Å²) in [6.07, 6.45) is 8.93. The quantitative estimate of drug-likeness (QED) is 0.373. The molecular formula is C29H35N3O4. The Kier molecular flexibility index (Phi) is 8.76. The van der Waals surface area contributed by atoms with Crippen molar-refractivity contribution in [3.8, 4) is 0 Å². The van der Waals surface area contributed by atoms with Crippen LogP contribution in [0.4, 0.5) is 0 Å². The lowest BCUT2D eigenvalue weighted by Gasteiger charge is -2.29. The Morgan fingerprint density at radius 1 is 1.00 bits per heavy atom. The van der Waals surface area contributed by atoms with Gasteiger partial charge in [0, 0.05) is 30.1 Å². The average Bonchev–Trinajstić information content (AvgIpc) is 3.29. The first-order chi connectivity index (χ1) is 17.5. The lowest BCUT2D eigenvalue weighted by molar-refractivity contribution is -0.146. The van der Waals surface area contributed by atoms with E-state index in [9.17, 15) is 19.5 Å². The maximum Gasteiger partial charge on any atom is 0.323 e. The number of aromatic nitrogens is 1. The number of hydrogen-bond donors (Lipinski definition) is 3. The van der Waals surface area contributed by atoms with Gasteiger partial charge in [-0.15, -0.1) is 0 Å². The number of nitrogens with zero attached hydrogens (tertiary/aromatic N) is 1. The highest BCUT2D eigenvalue weighted by molar-refractivity contribution is 5.92. The van der Waals surface area contributed by atoms with Gasteiger partial charge in [0.1, 0.15) is 12.6 Å². The van der Waals surface area contributed by atoms with E-state index >= 15 is 0 Å². The molecule has 1 aliphatic rings. The van der Waals surface area contributed by atoms with Gasteiger partial charge in [-0.1, -0.05) is 80.6 Å².